The SMILES string of the molecule is COC1=N[C@@H](C(O)c2ccc(C(F)(F)F)cc2)C(OC)=N[C@H]1C(C)C. The molecule has 138 valence electrons. The molecule has 1 unspecified atom stereocenters. The van der Waals surface area contributed by atoms with Crippen molar-refractivity contribution in [3.05, 3.63) is 35.4 Å². The molecular formula is C17H21F3N2O3. The fourth-order valence-electron chi connectivity index (χ4n) is 2.58. The van der Waals surface area contributed by atoms with E-state index in [2.05, 4.69) is 9.98 Å². The van der Waals surface area contributed by atoms with Crippen LogP contribution in [0.2, 0.25) is 0 Å². The number of alkyl halides is 3. The second kappa shape index (κ2) is 7.43. The number of rotatable bonds is 3. The molecule has 1 heterocycles. The molecule has 1 aromatic carbocycles. The molecule has 1 aromatic rings. The van der Waals surface area contributed by atoms with E-state index in [1.54, 1.807) is 0 Å². The number of nitrogens with zero attached hydrogens (tertiary/aromatic N) is 2. The van der Waals surface area contributed by atoms with Crippen molar-refractivity contribution in [1.29, 1.82) is 0 Å². The fourth-order valence-corrected chi connectivity index (χ4v) is 2.58. The van der Waals surface area contributed by atoms with Gasteiger partial charge in [0.05, 0.1) is 19.8 Å². The van der Waals surface area contributed by atoms with Crippen LogP contribution in [0.1, 0.15) is 31.1 Å². The monoisotopic (exact) mass is 358 g/mol. The molecule has 8 heteroatoms. The molecule has 0 aliphatic carbocycles. The number of hydrogen-bond donors (Lipinski definition) is 1. The van der Waals surface area contributed by atoms with Crippen LogP contribution in [0.5, 0.6) is 0 Å². The van der Waals surface area contributed by atoms with E-state index in [0.29, 0.717) is 5.90 Å². The third-order valence-corrected chi connectivity index (χ3v) is 3.97. The summed E-state index contributed by atoms with van der Waals surface area (Å²) < 4.78 is 48.5. The summed E-state index contributed by atoms with van der Waals surface area (Å²) >= 11 is 0. The summed E-state index contributed by atoms with van der Waals surface area (Å²) in [6.07, 6.45) is -5.64. The topological polar surface area (TPSA) is 63.4 Å². The second-order valence-electron chi connectivity index (χ2n) is 6.04. The van der Waals surface area contributed by atoms with Gasteiger partial charge >= 0.3 is 6.18 Å². The smallest absolute Gasteiger partial charge is 0.416 e. The molecule has 1 aliphatic rings. The van der Waals surface area contributed by atoms with Crippen LogP contribution in [0, 0.1) is 5.92 Å². The Kier molecular flexibility index (Phi) is 5.72. The van der Waals surface area contributed by atoms with E-state index < -0.39 is 23.9 Å². The Morgan fingerprint density at radius 2 is 1.44 bits per heavy atom. The number of halogens is 3. The Labute approximate surface area is 144 Å². The molecule has 0 saturated heterocycles. The maximum Gasteiger partial charge on any atom is 0.416 e. The first kappa shape index (κ1) is 19.2. The summed E-state index contributed by atoms with van der Waals surface area (Å²) in [6.45, 7) is 3.89. The minimum atomic E-state index is -4.43. The molecule has 0 amide bonds. The normalized spacial score (nSPS) is 22.3. The molecular weight excluding hydrogens is 337 g/mol. The number of aliphatic hydroxyl groups excluding tert-OH is 1. The van der Waals surface area contributed by atoms with Crippen molar-refractivity contribution in [1.82, 2.24) is 0 Å². The van der Waals surface area contributed by atoms with E-state index in [1.807, 2.05) is 13.8 Å². The van der Waals surface area contributed by atoms with Crippen LogP contribution >= 0.6 is 0 Å². The lowest BCUT2D eigenvalue weighted by Crippen LogP contribution is -2.40. The highest BCUT2D eigenvalue weighted by atomic mass is 19.4. The van der Waals surface area contributed by atoms with E-state index in [-0.39, 0.29) is 23.4 Å². The van der Waals surface area contributed by atoms with Gasteiger partial charge in [-0.1, -0.05) is 26.0 Å². The highest BCUT2D eigenvalue weighted by molar-refractivity contribution is 5.94. The molecule has 0 spiro atoms. The summed E-state index contributed by atoms with van der Waals surface area (Å²) in [5, 5.41) is 10.6. The van der Waals surface area contributed by atoms with Crippen LogP contribution < -0.4 is 0 Å². The van der Waals surface area contributed by atoms with E-state index >= 15 is 0 Å². The number of aliphatic hydroxyl groups is 1. The van der Waals surface area contributed by atoms with Crippen LogP contribution in [0.25, 0.3) is 0 Å². The molecule has 1 N–H and O–H groups in total. The Balaban J connectivity index is 2.32. The highest BCUT2D eigenvalue weighted by Gasteiger charge is 2.36. The quantitative estimate of drug-likeness (QED) is 0.902. The zero-order valence-corrected chi connectivity index (χ0v) is 14.4. The Morgan fingerprint density at radius 1 is 0.960 bits per heavy atom. The van der Waals surface area contributed by atoms with Crippen LogP contribution in [0.15, 0.2) is 34.3 Å². The highest BCUT2D eigenvalue weighted by Crippen LogP contribution is 2.31. The lowest BCUT2D eigenvalue weighted by Gasteiger charge is -2.29. The molecule has 2 rings (SSSR count). The van der Waals surface area contributed by atoms with Gasteiger partial charge in [-0.15, -0.1) is 0 Å². The molecule has 0 fully saturated rings. The number of benzene rings is 1. The molecule has 0 bridgehead atoms. The number of methoxy groups -OCH3 is 2. The predicted molar refractivity (Wildman–Crippen MR) is 87.7 cm³/mol. The Morgan fingerprint density at radius 3 is 1.88 bits per heavy atom. The maximum absolute atomic E-state index is 12.7. The van der Waals surface area contributed by atoms with Crippen molar-refractivity contribution >= 4 is 11.8 Å². The van der Waals surface area contributed by atoms with E-state index in [4.69, 9.17) is 9.47 Å². The van der Waals surface area contributed by atoms with Crippen molar-refractivity contribution < 1.29 is 27.8 Å². The van der Waals surface area contributed by atoms with Crippen molar-refractivity contribution in [3.63, 3.8) is 0 Å². The Bertz CT molecular complexity index is 654. The first-order chi connectivity index (χ1) is 11.7. The average molecular weight is 358 g/mol. The Hall–Kier alpha value is -2.09. The zero-order chi connectivity index (χ0) is 18.8. The minimum Gasteiger partial charge on any atom is -0.483 e. The first-order valence-electron chi connectivity index (χ1n) is 7.77. The molecule has 1 aliphatic heterocycles. The van der Waals surface area contributed by atoms with Crippen molar-refractivity contribution in [3.8, 4) is 0 Å². The van der Waals surface area contributed by atoms with Gasteiger partial charge in [0, 0.05) is 0 Å². The van der Waals surface area contributed by atoms with Gasteiger partial charge in [0.15, 0.2) is 6.04 Å². The molecule has 25 heavy (non-hydrogen) atoms. The maximum atomic E-state index is 12.7. The molecule has 5 nitrogen and oxygen atoms in total. The number of hydrogen-bond acceptors (Lipinski definition) is 5. The van der Waals surface area contributed by atoms with Gasteiger partial charge in [0.1, 0.15) is 12.1 Å². The average Bonchev–Trinajstić information content (AvgIpc) is 2.59. The number of ether oxygens (including phenoxy) is 2. The van der Waals surface area contributed by atoms with Crippen LogP contribution in [-0.4, -0.2) is 43.2 Å². The first-order valence-corrected chi connectivity index (χ1v) is 7.77. The zero-order valence-electron chi connectivity index (χ0n) is 14.4. The summed E-state index contributed by atoms with van der Waals surface area (Å²) in [5.74, 6) is 0.673. The largest absolute Gasteiger partial charge is 0.483 e. The van der Waals surface area contributed by atoms with Crippen molar-refractivity contribution in [2.24, 2.45) is 15.9 Å². The summed E-state index contributed by atoms with van der Waals surface area (Å²) in [7, 11) is 2.87. The summed E-state index contributed by atoms with van der Waals surface area (Å²) in [6, 6.07) is 3.06. The van der Waals surface area contributed by atoms with E-state index in [0.717, 1.165) is 12.1 Å². The van der Waals surface area contributed by atoms with Crippen molar-refractivity contribution in [2.75, 3.05) is 14.2 Å². The van der Waals surface area contributed by atoms with Gasteiger partial charge in [-0.3, -0.25) is 0 Å². The van der Waals surface area contributed by atoms with Crippen LogP contribution in [-0.2, 0) is 15.7 Å². The fraction of sp³-hybridized carbons (Fsp3) is 0.529. The van der Waals surface area contributed by atoms with Gasteiger partial charge in [-0.05, 0) is 23.6 Å². The second-order valence-corrected chi connectivity index (χ2v) is 6.04. The minimum absolute atomic E-state index is 0.105. The lowest BCUT2D eigenvalue weighted by atomic mass is 9.98. The third-order valence-electron chi connectivity index (χ3n) is 3.97. The van der Waals surface area contributed by atoms with Crippen LogP contribution in [0.3, 0.4) is 0 Å². The molecule has 0 radical (unpaired) electrons. The number of aliphatic imine (C=N–C) groups is 2. The van der Waals surface area contributed by atoms with E-state index in [9.17, 15) is 18.3 Å². The van der Waals surface area contributed by atoms with Gasteiger partial charge in [0.2, 0.25) is 11.8 Å². The van der Waals surface area contributed by atoms with Gasteiger partial charge in [-0.25, -0.2) is 9.98 Å². The molecule has 3 atom stereocenters. The standard InChI is InChI=1S/C17H21F3N2O3/c1-9(2)12-15(24-3)22-13(16(21-12)25-4)14(23)10-5-7-11(8-6-10)17(18,19)20/h5-9,12-14,23H,1-4H3/t12-,13-,14?/m0/s1. The van der Waals surface area contributed by atoms with Gasteiger partial charge < -0.3 is 14.6 Å². The van der Waals surface area contributed by atoms with E-state index in [1.165, 1.54) is 26.4 Å². The lowest BCUT2D eigenvalue weighted by molar-refractivity contribution is -0.137. The summed E-state index contributed by atoms with van der Waals surface area (Å²) in [4.78, 5) is 8.80. The van der Waals surface area contributed by atoms with Crippen molar-refractivity contribution in [2.45, 2.75) is 38.2 Å². The molecule has 0 aromatic heterocycles. The predicted octanol–water partition coefficient (Wildman–Crippen LogP) is 3.24. The van der Waals surface area contributed by atoms with Gasteiger partial charge in [0.25, 0.3) is 0 Å². The third kappa shape index (κ3) is 4.12. The van der Waals surface area contributed by atoms with Gasteiger partial charge in [-0.2, -0.15) is 13.2 Å². The molecule has 0 saturated carbocycles. The van der Waals surface area contributed by atoms with Crippen LogP contribution in [0.4, 0.5) is 13.2 Å². The summed E-state index contributed by atoms with van der Waals surface area (Å²) in [5.41, 5.74) is -0.501.